The van der Waals surface area contributed by atoms with E-state index in [1.807, 2.05) is 42.5 Å². The largest absolute Gasteiger partial charge is 0.493 e. The molecule has 1 fully saturated rings. The summed E-state index contributed by atoms with van der Waals surface area (Å²) in [7, 11) is 1.58. The van der Waals surface area contributed by atoms with Crippen LogP contribution in [0.4, 0.5) is 11.4 Å². The van der Waals surface area contributed by atoms with Crippen LogP contribution >= 0.6 is 0 Å². The first-order chi connectivity index (χ1) is 18.7. The maximum atomic E-state index is 12.9. The predicted octanol–water partition coefficient (Wildman–Crippen LogP) is 5.85. The Morgan fingerprint density at radius 2 is 1.42 bits per heavy atom. The Kier molecular flexibility index (Phi) is 8.21. The van der Waals surface area contributed by atoms with Crippen LogP contribution in [0.2, 0.25) is 0 Å². The molecule has 4 aromatic rings. The molecule has 38 heavy (non-hydrogen) atoms. The molecule has 1 aliphatic rings. The van der Waals surface area contributed by atoms with E-state index in [4.69, 9.17) is 9.47 Å². The van der Waals surface area contributed by atoms with E-state index < -0.39 is 0 Å². The molecule has 5 rings (SSSR count). The first kappa shape index (κ1) is 25.4. The van der Waals surface area contributed by atoms with Crippen LogP contribution in [0.5, 0.6) is 11.5 Å². The minimum Gasteiger partial charge on any atom is -0.493 e. The Bertz CT molecular complexity index is 1320. The highest BCUT2D eigenvalue weighted by Gasteiger charge is 2.18. The number of rotatable bonds is 9. The van der Waals surface area contributed by atoms with Crippen LogP contribution in [0.1, 0.15) is 21.5 Å². The van der Waals surface area contributed by atoms with E-state index in [2.05, 4.69) is 57.6 Å². The van der Waals surface area contributed by atoms with Gasteiger partial charge in [0.15, 0.2) is 11.5 Å². The topological polar surface area (TPSA) is 54.0 Å². The van der Waals surface area contributed by atoms with E-state index in [9.17, 15) is 4.79 Å². The number of ether oxygens (including phenoxy) is 2. The maximum Gasteiger partial charge on any atom is 0.255 e. The van der Waals surface area contributed by atoms with E-state index in [0.29, 0.717) is 23.7 Å². The zero-order chi connectivity index (χ0) is 26.2. The van der Waals surface area contributed by atoms with Gasteiger partial charge in [-0.25, -0.2) is 0 Å². The average molecular weight is 508 g/mol. The van der Waals surface area contributed by atoms with Gasteiger partial charge in [-0.3, -0.25) is 9.69 Å². The number of carbonyl (C=O) groups excluding carboxylic acids is 1. The SMILES string of the molecule is COc1cc(C(=O)Nc2ccc(N3CCN(Cc4ccccc4)CC3)cc2)ccc1OCc1ccccc1. The molecular weight excluding hydrogens is 474 g/mol. The number of methoxy groups -OCH3 is 1. The van der Waals surface area contributed by atoms with Crippen molar-refractivity contribution in [2.45, 2.75) is 13.2 Å². The number of nitrogens with zero attached hydrogens (tertiary/aromatic N) is 2. The summed E-state index contributed by atoms with van der Waals surface area (Å²) in [6, 6.07) is 33.8. The van der Waals surface area contributed by atoms with Gasteiger partial charge in [-0.1, -0.05) is 60.7 Å². The van der Waals surface area contributed by atoms with E-state index in [1.54, 1.807) is 25.3 Å². The molecule has 4 aromatic carbocycles. The Labute approximate surface area is 224 Å². The van der Waals surface area contributed by atoms with Gasteiger partial charge in [0.05, 0.1) is 7.11 Å². The number of carbonyl (C=O) groups is 1. The Morgan fingerprint density at radius 1 is 0.763 bits per heavy atom. The highest BCUT2D eigenvalue weighted by molar-refractivity contribution is 6.04. The van der Waals surface area contributed by atoms with Crippen molar-refractivity contribution in [3.8, 4) is 11.5 Å². The lowest BCUT2D eigenvalue weighted by molar-refractivity contribution is 0.102. The van der Waals surface area contributed by atoms with Gasteiger partial charge in [-0.2, -0.15) is 0 Å². The van der Waals surface area contributed by atoms with E-state index >= 15 is 0 Å². The highest BCUT2D eigenvalue weighted by Crippen LogP contribution is 2.29. The fourth-order valence-corrected chi connectivity index (χ4v) is 4.63. The smallest absolute Gasteiger partial charge is 0.255 e. The third-order valence-electron chi connectivity index (χ3n) is 6.77. The molecule has 0 spiro atoms. The van der Waals surface area contributed by atoms with Crippen LogP contribution < -0.4 is 19.7 Å². The Balaban J connectivity index is 1.14. The summed E-state index contributed by atoms with van der Waals surface area (Å²) in [6.45, 7) is 5.44. The van der Waals surface area contributed by atoms with Gasteiger partial charge in [-0.05, 0) is 53.6 Å². The van der Waals surface area contributed by atoms with Crippen molar-refractivity contribution in [2.75, 3.05) is 43.5 Å². The first-order valence-electron chi connectivity index (χ1n) is 13.0. The minimum absolute atomic E-state index is 0.194. The number of amides is 1. The fraction of sp³-hybridized carbons (Fsp3) is 0.219. The summed E-state index contributed by atoms with van der Waals surface area (Å²) in [4.78, 5) is 17.8. The number of hydrogen-bond donors (Lipinski definition) is 1. The summed E-state index contributed by atoms with van der Waals surface area (Å²) >= 11 is 0. The number of hydrogen-bond acceptors (Lipinski definition) is 5. The van der Waals surface area contributed by atoms with Gasteiger partial charge in [0.25, 0.3) is 5.91 Å². The van der Waals surface area contributed by atoms with Crippen LogP contribution in [-0.2, 0) is 13.2 Å². The van der Waals surface area contributed by atoms with Gasteiger partial charge in [0.1, 0.15) is 6.61 Å². The second-order valence-corrected chi connectivity index (χ2v) is 9.39. The average Bonchev–Trinajstić information content (AvgIpc) is 2.98. The normalized spacial score (nSPS) is 13.7. The lowest BCUT2D eigenvalue weighted by Gasteiger charge is -2.36. The van der Waals surface area contributed by atoms with Crippen molar-refractivity contribution >= 4 is 17.3 Å². The summed E-state index contributed by atoms with van der Waals surface area (Å²) in [6.07, 6.45) is 0. The molecule has 1 N–H and O–H groups in total. The van der Waals surface area contributed by atoms with Crippen LogP contribution in [-0.4, -0.2) is 44.1 Å². The molecule has 194 valence electrons. The van der Waals surface area contributed by atoms with Crippen molar-refractivity contribution < 1.29 is 14.3 Å². The molecule has 1 heterocycles. The summed E-state index contributed by atoms with van der Waals surface area (Å²) in [5.74, 6) is 0.927. The van der Waals surface area contributed by atoms with Gasteiger partial charge in [0, 0.05) is 49.7 Å². The molecule has 1 amide bonds. The molecule has 1 saturated heterocycles. The Hall–Kier alpha value is -4.29. The minimum atomic E-state index is -0.194. The standard InChI is InChI=1S/C32H33N3O3/c1-37-31-22-27(12-17-30(31)38-24-26-10-6-3-7-11-26)32(36)33-28-13-15-29(16-14-28)35-20-18-34(19-21-35)23-25-8-4-2-5-9-25/h2-17,22H,18-21,23-24H2,1H3,(H,33,36). The molecule has 6 nitrogen and oxygen atoms in total. The van der Waals surface area contributed by atoms with E-state index in [1.165, 1.54) is 11.3 Å². The van der Waals surface area contributed by atoms with Gasteiger partial charge >= 0.3 is 0 Å². The molecule has 0 aromatic heterocycles. The molecule has 0 aliphatic carbocycles. The number of benzene rings is 4. The molecule has 1 aliphatic heterocycles. The predicted molar refractivity (Wildman–Crippen MR) is 152 cm³/mol. The van der Waals surface area contributed by atoms with Crippen molar-refractivity contribution in [2.24, 2.45) is 0 Å². The number of piperazine rings is 1. The zero-order valence-corrected chi connectivity index (χ0v) is 21.7. The highest BCUT2D eigenvalue weighted by atomic mass is 16.5. The molecule has 0 saturated carbocycles. The van der Waals surface area contributed by atoms with Crippen LogP contribution in [0, 0.1) is 0 Å². The number of nitrogens with one attached hydrogen (secondary N) is 1. The van der Waals surface area contributed by atoms with Crippen LogP contribution in [0.25, 0.3) is 0 Å². The van der Waals surface area contributed by atoms with Crippen LogP contribution in [0.15, 0.2) is 103 Å². The fourth-order valence-electron chi connectivity index (χ4n) is 4.63. The molecule has 6 heteroatoms. The number of anilines is 2. The quantitative estimate of drug-likeness (QED) is 0.308. The van der Waals surface area contributed by atoms with Gasteiger partial charge in [-0.15, -0.1) is 0 Å². The van der Waals surface area contributed by atoms with Crippen molar-refractivity contribution in [1.82, 2.24) is 4.90 Å². The molecular formula is C32H33N3O3. The summed E-state index contributed by atoms with van der Waals surface area (Å²) < 4.78 is 11.4. The van der Waals surface area contributed by atoms with Crippen molar-refractivity contribution in [3.63, 3.8) is 0 Å². The summed E-state index contributed by atoms with van der Waals surface area (Å²) in [5, 5.41) is 2.99. The lowest BCUT2D eigenvalue weighted by atomic mass is 10.1. The van der Waals surface area contributed by atoms with Crippen molar-refractivity contribution in [1.29, 1.82) is 0 Å². The van der Waals surface area contributed by atoms with E-state index in [-0.39, 0.29) is 5.91 Å². The molecule has 0 atom stereocenters. The van der Waals surface area contributed by atoms with Gasteiger partial charge in [0.2, 0.25) is 0 Å². The van der Waals surface area contributed by atoms with Gasteiger partial charge < -0.3 is 19.7 Å². The van der Waals surface area contributed by atoms with E-state index in [0.717, 1.165) is 44.0 Å². The second kappa shape index (κ2) is 12.3. The second-order valence-electron chi connectivity index (χ2n) is 9.39. The molecule has 0 bridgehead atoms. The summed E-state index contributed by atoms with van der Waals surface area (Å²) in [5.41, 5.74) is 4.85. The van der Waals surface area contributed by atoms with Crippen LogP contribution in [0.3, 0.4) is 0 Å². The first-order valence-corrected chi connectivity index (χ1v) is 13.0. The molecule has 0 radical (unpaired) electrons. The maximum absolute atomic E-state index is 12.9. The lowest BCUT2D eigenvalue weighted by Crippen LogP contribution is -2.45. The third kappa shape index (κ3) is 6.52. The molecule has 0 unspecified atom stereocenters. The Morgan fingerprint density at radius 3 is 2.08 bits per heavy atom. The third-order valence-corrected chi connectivity index (χ3v) is 6.77. The monoisotopic (exact) mass is 507 g/mol. The zero-order valence-electron chi connectivity index (χ0n) is 21.7. The van der Waals surface area contributed by atoms with Crippen molar-refractivity contribution in [3.05, 3.63) is 120 Å².